The summed E-state index contributed by atoms with van der Waals surface area (Å²) in [5, 5.41) is 0. The second-order valence-electron chi connectivity index (χ2n) is 3.02. The smallest absolute Gasteiger partial charge is 0.241 e. The Morgan fingerprint density at radius 2 is 2.33 bits per heavy atom. The van der Waals surface area contributed by atoms with Crippen molar-refractivity contribution in [3.05, 3.63) is 18.1 Å². The first-order valence-corrected chi connectivity index (χ1v) is 5.36. The summed E-state index contributed by atoms with van der Waals surface area (Å²) in [6, 6.07) is 1.75. The van der Waals surface area contributed by atoms with Crippen molar-refractivity contribution in [1.82, 2.24) is 9.97 Å². The third-order valence-electron chi connectivity index (χ3n) is 1.87. The van der Waals surface area contributed by atoms with Crippen molar-refractivity contribution in [3.8, 4) is 0 Å². The highest BCUT2D eigenvalue weighted by molar-refractivity contribution is 7.54. The van der Waals surface area contributed by atoms with Crippen molar-refractivity contribution >= 4 is 13.2 Å². The van der Waals surface area contributed by atoms with Crippen LogP contribution in [0.5, 0.6) is 0 Å². The minimum Gasteiger partial charge on any atom is -0.241 e. The summed E-state index contributed by atoms with van der Waals surface area (Å²) in [7, 11) is -1.24. The van der Waals surface area contributed by atoms with Gasteiger partial charge in [-0.1, -0.05) is 4.57 Å². The van der Waals surface area contributed by atoms with E-state index < -0.39 is 7.80 Å². The summed E-state index contributed by atoms with van der Waals surface area (Å²) in [5.74, 6) is 0.705. The van der Waals surface area contributed by atoms with Crippen LogP contribution in [-0.4, -0.2) is 15.6 Å². The van der Waals surface area contributed by atoms with E-state index in [-0.39, 0.29) is 0 Å². The lowest BCUT2D eigenvalue weighted by Gasteiger charge is -1.87. The summed E-state index contributed by atoms with van der Waals surface area (Å²) in [4.78, 5) is 8.10. The van der Waals surface area contributed by atoms with Crippen LogP contribution >= 0.6 is 7.80 Å². The van der Waals surface area contributed by atoms with Crippen LogP contribution in [0.4, 0.5) is 0 Å². The van der Waals surface area contributed by atoms with Crippen LogP contribution in [0.15, 0.2) is 12.3 Å². The van der Waals surface area contributed by atoms with Crippen molar-refractivity contribution in [1.29, 1.82) is 0 Å². The Bertz CT molecular complexity index is 323. The fourth-order valence-electron chi connectivity index (χ4n) is 1.06. The van der Waals surface area contributed by atoms with Crippen LogP contribution in [0.2, 0.25) is 0 Å². The predicted octanol–water partition coefficient (Wildman–Crippen LogP) is 1.40. The van der Waals surface area contributed by atoms with Gasteiger partial charge in [0, 0.05) is 12.3 Å². The molecule has 1 fully saturated rings. The molecule has 62 valence electrons. The molecular formula is C8H10N2OP+. The molecule has 1 saturated carbocycles. The molecule has 0 aliphatic heterocycles. The monoisotopic (exact) mass is 181 g/mol. The first-order valence-electron chi connectivity index (χ1n) is 4.03. The lowest BCUT2D eigenvalue weighted by Crippen LogP contribution is -2.06. The molecule has 1 unspecified atom stereocenters. The molecule has 12 heavy (non-hydrogen) atoms. The Balaban J connectivity index is 2.26. The Labute approximate surface area is 72.0 Å². The van der Waals surface area contributed by atoms with E-state index >= 15 is 0 Å². The lowest BCUT2D eigenvalue weighted by atomic mass is 10.6. The summed E-state index contributed by atoms with van der Waals surface area (Å²) >= 11 is 0. The molecule has 4 heteroatoms. The van der Waals surface area contributed by atoms with Crippen molar-refractivity contribution in [2.75, 3.05) is 0 Å². The molecule has 1 aliphatic carbocycles. The van der Waals surface area contributed by atoms with Gasteiger partial charge in [0.1, 0.15) is 5.82 Å². The highest BCUT2D eigenvalue weighted by atomic mass is 31.1. The van der Waals surface area contributed by atoms with Crippen molar-refractivity contribution in [2.24, 2.45) is 0 Å². The van der Waals surface area contributed by atoms with Crippen LogP contribution in [-0.2, 0) is 4.57 Å². The molecule has 2 rings (SSSR count). The second-order valence-corrected chi connectivity index (χ2v) is 4.86. The quantitative estimate of drug-likeness (QED) is 0.647. The zero-order chi connectivity index (χ0) is 8.55. The Hall–Kier alpha value is -0.820. The zero-order valence-electron chi connectivity index (χ0n) is 6.90. The summed E-state index contributed by atoms with van der Waals surface area (Å²) < 4.78 is 11.6. The first-order chi connectivity index (χ1) is 5.77. The number of rotatable bonds is 2. The highest BCUT2D eigenvalue weighted by Crippen LogP contribution is 2.43. The van der Waals surface area contributed by atoms with Gasteiger partial charge in [0.2, 0.25) is 0 Å². The molecule has 3 nitrogen and oxygen atoms in total. The van der Waals surface area contributed by atoms with E-state index in [9.17, 15) is 4.57 Å². The van der Waals surface area contributed by atoms with E-state index in [1.54, 1.807) is 12.3 Å². The Kier molecular flexibility index (Phi) is 1.89. The molecule has 1 heterocycles. The van der Waals surface area contributed by atoms with Gasteiger partial charge in [0.25, 0.3) is 5.44 Å². The van der Waals surface area contributed by atoms with E-state index in [1.807, 2.05) is 6.92 Å². The van der Waals surface area contributed by atoms with Crippen LogP contribution in [0.25, 0.3) is 0 Å². The van der Waals surface area contributed by atoms with Crippen LogP contribution in [0, 0.1) is 6.92 Å². The summed E-state index contributed by atoms with van der Waals surface area (Å²) in [5.41, 5.74) is 1.12. The van der Waals surface area contributed by atoms with Gasteiger partial charge in [-0.2, -0.15) is 4.98 Å². The standard InChI is InChI=1S/C8H10N2OP/c1-6-9-5-4-8(10-6)12(11)7-2-3-7/h4-5,7H,2-3H2,1H3/q+1. The Morgan fingerprint density at radius 1 is 1.58 bits per heavy atom. The molecule has 0 saturated heterocycles. The third kappa shape index (κ3) is 1.51. The van der Waals surface area contributed by atoms with Crippen molar-refractivity contribution in [2.45, 2.75) is 25.4 Å². The number of hydrogen-bond donors (Lipinski definition) is 0. The normalized spacial score (nSPS) is 17.6. The maximum Gasteiger partial charge on any atom is 0.400 e. The van der Waals surface area contributed by atoms with Gasteiger partial charge in [0.15, 0.2) is 5.66 Å². The first kappa shape index (κ1) is 7.81. The zero-order valence-corrected chi connectivity index (χ0v) is 7.79. The molecule has 0 aromatic carbocycles. The molecule has 0 amide bonds. The van der Waals surface area contributed by atoms with Crippen LogP contribution in [0.1, 0.15) is 18.7 Å². The van der Waals surface area contributed by atoms with Crippen LogP contribution < -0.4 is 5.44 Å². The maximum absolute atomic E-state index is 11.6. The average molecular weight is 181 g/mol. The van der Waals surface area contributed by atoms with Gasteiger partial charge < -0.3 is 0 Å². The minimum absolute atomic E-state index is 0.397. The van der Waals surface area contributed by atoms with E-state index in [4.69, 9.17) is 0 Å². The molecule has 1 aliphatic rings. The van der Waals surface area contributed by atoms with E-state index in [1.165, 1.54) is 0 Å². The maximum atomic E-state index is 11.6. The summed E-state index contributed by atoms with van der Waals surface area (Å²) in [6.45, 7) is 1.82. The number of nitrogens with zero attached hydrogens (tertiary/aromatic N) is 2. The van der Waals surface area contributed by atoms with Gasteiger partial charge in [-0.15, -0.1) is 0 Å². The van der Waals surface area contributed by atoms with Gasteiger partial charge >= 0.3 is 7.80 Å². The minimum atomic E-state index is -1.24. The van der Waals surface area contributed by atoms with Gasteiger partial charge in [-0.25, -0.2) is 4.98 Å². The van der Waals surface area contributed by atoms with E-state index in [0.29, 0.717) is 11.5 Å². The molecule has 1 aromatic rings. The van der Waals surface area contributed by atoms with Gasteiger partial charge in [-0.3, -0.25) is 0 Å². The lowest BCUT2D eigenvalue weighted by molar-refractivity contribution is 0.592. The fraction of sp³-hybridized carbons (Fsp3) is 0.500. The molecule has 1 atom stereocenters. The fourth-order valence-corrected chi connectivity index (χ4v) is 2.51. The van der Waals surface area contributed by atoms with E-state index in [0.717, 1.165) is 18.3 Å². The molecule has 0 bridgehead atoms. The SMILES string of the molecule is Cc1nccc([P+](=O)C2CC2)n1. The molecular weight excluding hydrogens is 171 g/mol. The molecule has 0 N–H and O–H groups in total. The van der Waals surface area contributed by atoms with E-state index in [2.05, 4.69) is 9.97 Å². The highest BCUT2D eigenvalue weighted by Gasteiger charge is 2.43. The molecule has 1 aromatic heterocycles. The number of aromatic nitrogens is 2. The predicted molar refractivity (Wildman–Crippen MR) is 47.0 cm³/mol. The number of aryl methyl sites for hydroxylation is 1. The average Bonchev–Trinajstić information content (AvgIpc) is 2.85. The summed E-state index contributed by atoms with van der Waals surface area (Å²) in [6.07, 6.45) is 3.86. The van der Waals surface area contributed by atoms with Gasteiger partial charge in [0.05, 0.1) is 0 Å². The molecule has 0 radical (unpaired) electrons. The van der Waals surface area contributed by atoms with Gasteiger partial charge in [-0.05, 0) is 19.8 Å². The topological polar surface area (TPSA) is 42.9 Å². The van der Waals surface area contributed by atoms with Crippen molar-refractivity contribution < 1.29 is 4.57 Å². The van der Waals surface area contributed by atoms with Crippen LogP contribution in [0.3, 0.4) is 0 Å². The Morgan fingerprint density at radius 3 is 2.92 bits per heavy atom. The molecule has 0 spiro atoms. The number of hydrogen-bond acceptors (Lipinski definition) is 3. The third-order valence-corrected chi connectivity index (χ3v) is 3.75. The second kappa shape index (κ2) is 2.91. The largest absolute Gasteiger partial charge is 0.400 e. The van der Waals surface area contributed by atoms with Crippen molar-refractivity contribution in [3.63, 3.8) is 0 Å².